The van der Waals surface area contributed by atoms with Crippen molar-refractivity contribution in [2.75, 3.05) is 0 Å². The van der Waals surface area contributed by atoms with Crippen LogP contribution in [0.4, 0.5) is 0 Å². The summed E-state index contributed by atoms with van der Waals surface area (Å²) in [5.41, 5.74) is 0.819. The Hall–Kier alpha value is -1.40. The molecule has 0 spiro atoms. The number of carboxylic acids is 1. The molecule has 6 heteroatoms. The van der Waals surface area contributed by atoms with Gasteiger partial charge in [0.05, 0.1) is 4.90 Å². The SMILES string of the molecule is Cc1ccc(S(=O)(=O)N[C@@H](C(=O)O)C(C)(C)C)c(C)c1. The summed E-state index contributed by atoms with van der Waals surface area (Å²) >= 11 is 0. The van der Waals surface area contributed by atoms with Gasteiger partial charge in [-0.1, -0.05) is 38.5 Å². The highest BCUT2D eigenvalue weighted by Crippen LogP contribution is 2.23. The van der Waals surface area contributed by atoms with Crippen LogP contribution in [0.25, 0.3) is 0 Å². The zero-order chi connectivity index (χ0) is 15.7. The van der Waals surface area contributed by atoms with E-state index < -0.39 is 27.4 Å². The van der Waals surface area contributed by atoms with Crippen LogP contribution in [0.1, 0.15) is 31.9 Å². The van der Waals surface area contributed by atoms with Crippen molar-refractivity contribution in [2.24, 2.45) is 5.41 Å². The Bertz CT molecular complexity index is 615. The van der Waals surface area contributed by atoms with E-state index in [0.717, 1.165) is 5.56 Å². The number of carboxylic acid groups (broad SMARTS) is 1. The van der Waals surface area contributed by atoms with E-state index in [1.165, 1.54) is 6.07 Å². The second-order valence-corrected chi connectivity index (χ2v) is 7.71. The van der Waals surface area contributed by atoms with Crippen LogP contribution in [0, 0.1) is 19.3 Å². The molecule has 0 aliphatic heterocycles. The first-order valence-electron chi connectivity index (χ1n) is 6.27. The van der Waals surface area contributed by atoms with E-state index in [9.17, 15) is 18.3 Å². The molecule has 0 radical (unpaired) electrons. The number of sulfonamides is 1. The molecular formula is C14H21NO4S. The van der Waals surface area contributed by atoms with Crippen LogP contribution >= 0.6 is 0 Å². The van der Waals surface area contributed by atoms with Gasteiger partial charge < -0.3 is 5.11 Å². The van der Waals surface area contributed by atoms with Gasteiger partial charge >= 0.3 is 5.97 Å². The average molecular weight is 299 g/mol. The summed E-state index contributed by atoms with van der Waals surface area (Å²) in [6, 6.07) is 3.75. The van der Waals surface area contributed by atoms with Gasteiger partial charge in [0, 0.05) is 0 Å². The maximum absolute atomic E-state index is 12.4. The quantitative estimate of drug-likeness (QED) is 0.891. The molecule has 5 nitrogen and oxygen atoms in total. The molecule has 0 bridgehead atoms. The first-order chi connectivity index (χ1) is 8.95. The molecule has 1 atom stereocenters. The van der Waals surface area contributed by atoms with Gasteiger partial charge in [0.25, 0.3) is 0 Å². The maximum Gasteiger partial charge on any atom is 0.322 e. The molecule has 0 unspecified atom stereocenters. The topological polar surface area (TPSA) is 83.5 Å². The fourth-order valence-corrected chi connectivity index (χ4v) is 3.54. The van der Waals surface area contributed by atoms with E-state index in [1.54, 1.807) is 39.8 Å². The number of hydrogen-bond donors (Lipinski definition) is 2. The van der Waals surface area contributed by atoms with Gasteiger partial charge in [-0.3, -0.25) is 4.79 Å². The van der Waals surface area contributed by atoms with Gasteiger partial charge in [-0.25, -0.2) is 8.42 Å². The Balaban J connectivity index is 3.20. The number of aryl methyl sites for hydroxylation is 2. The van der Waals surface area contributed by atoms with Crippen molar-refractivity contribution in [3.63, 3.8) is 0 Å². The van der Waals surface area contributed by atoms with Crippen molar-refractivity contribution in [3.05, 3.63) is 29.3 Å². The number of rotatable bonds is 4. The molecule has 0 aliphatic rings. The van der Waals surface area contributed by atoms with Gasteiger partial charge in [-0.15, -0.1) is 0 Å². The van der Waals surface area contributed by atoms with Crippen molar-refractivity contribution < 1.29 is 18.3 Å². The van der Waals surface area contributed by atoms with Crippen molar-refractivity contribution in [1.82, 2.24) is 4.72 Å². The Kier molecular flexibility index (Phi) is 4.61. The molecule has 2 N–H and O–H groups in total. The third kappa shape index (κ3) is 3.80. The Morgan fingerprint density at radius 1 is 1.25 bits per heavy atom. The lowest BCUT2D eigenvalue weighted by Crippen LogP contribution is -2.49. The number of hydrogen-bond acceptors (Lipinski definition) is 3. The molecule has 0 fully saturated rings. The zero-order valence-corrected chi connectivity index (χ0v) is 13.2. The molecule has 0 aliphatic carbocycles. The van der Waals surface area contributed by atoms with Crippen LogP contribution in [0.15, 0.2) is 23.1 Å². The average Bonchev–Trinajstić information content (AvgIpc) is 2.23. The highest BCUT2D eigenvalue weighted by atomic mass is 32.2. The van der Waals surface area contributed by atoms with E-state index in [2.05, 4.69) is 4.72 Å². The molecule has 1 aromatic rings. The van der Waals surface area contributed by atoms with Gasteiger partial charge in [-0.05, 0) is 30.9 Å². The minimum absolute atomic E-state index is 0.110. The third-order valence-corrected chi connectivity index (χ3v) is 4.59. The van der Waals surface area contributed by atoms with Crippen LogP contribution in [-0.4, -0.2) is 25.5 Å². The van der Waals surface area contributed by atoms with E-state index in [1.807, 2.05) is 6.92 Å². The molecule has 0 saturated carbocycles. The smallest absolute Gasteiger partial charge is 0.322 e. The Labute approximate surface area is 120 Å². The summed E-state index contributed by atoms with van der Waals surface area (Å²) in [7, 11) is -3.87. The van der Waals surface area contributed by atoms with Crippen LogP contribution in [0.2, 0.25) is 0 Å². The molecule has 112 valence electrons. The van der Waals surface area contributed by atoms with E-state index in [4.69, 9.17) is 0 Å². The lowest BCUT2D eigenvalue weighted by atomic mass is 9.88. The molecule has 0 aromatic heterocycles. The highest BCUT2D eigenvalue weighted by Gasteiger charge is 2.35. The number of nitrogens with one attached hydrogen (secondary N) is 1. The van der Waals surface area contributed by atoms with Crippen molar-refractivity contribution in [2.45, 2.75) is 45.6 Å². The molecule has 1 rings (SSSR count). The Morgan fingerprint density at radius 2 is 1.80 bits per heavy atom. The number of carbonyl (C=O) groups is 1. The maximum atomic E-state index is 12.4. The molecule has 0 heterocycles. The zero-order valence-electron chi connectivity index (χ0n) is 12.4. The second-order valence-electron chi connectivity index (χ2n) is 6.03. The summed E-state index contributed by atoms with van der Waals surface area (Å²) in [4.78, 5) is 11.4. The van der Waals surface area contributed by atoms with E-state index in [0.29, 0.717) is 5.56 Å². The summed E-state index contributed by atoms with van der Waals surface area (Å²) < 4.78 is 27.0. The van der Waals surface area contributed by atoms with Crippen molar-refractivity contribution in [3.8, 4) is 0 Å². The van der Waals surface area contributed by atoms with Crippen LogP contribution in [0.5, 0.6) is 0 Å². The third-order valence-electron chi connectivity index (χ3n) is 3.01. The fourth-order valence-electron chi connectivity index (χ4n) is 1.92. The van der Waals surface area contributed by atoms with Gasteiger partial charge in [0.15, 0.2) is 0 Å². The molecule has 1 aromatic carbocycles. The minimum Gasteiger partial charge on any atom is -0.480 e. The summed E-state index contributed by atoms with van der Waals surface area (Å²) in [5.74, 6) is -1.19. The number of aliphatic carboxylic acids is 1. The summed E-state index contributed by atoms with van der Waals surface area (Å²) in [6.45, 7) is 8.59. The normalized spacial score (nSPS) is 14.1. The first-order valence-corrected chi connectivity index (χ1v) is 7.76. The number of benzene rings is 1. The molecule has 20 heavy (non-hydrogen) atoms. The molecule has 0 amide bonds. The molecular weight excluding hydrogens is 278 g/mol. The van der Waals surface area contributed by atoms with Crippen LogP contribution < -0.4 is 4.72 Å². The predicted molar refractivity (Wildman–Crippen MR) is 77.1 cm³/mol. The van der Waals surface area contributed by atoms with Crippen molar-refractivity contribution >= 4 is 16.0 Å². The van der Waals surface area contributed by atoms with Crippen LogP contribution in [0.3, 0.4) is 0 Å². The fraction of sp³-hybridized carbons (Fsp3) is 0.500. The van der Waals surface area contributed by atoms with E-state index >= 15 is 0 Å². The van der Waals surface area contributed by atoms with Gasteiger partial charge in [0.2, 0.25) is 10.0 Å². The van der Waals surface area contributed by atoms with Gasteiger partial charge in [0.1, 0.15) is 6.04 Å². The lowest BCUT2D eigenvalue weighted by molar-refractivity contribution is -0.141. The lowest BCUT2D eigenvalue weighted by Gasteiger charge is -2.27. The van der Waals surface area contributed by atoms with E-state index in [-0.39, 0.29) is 4.90 Å². The standard InChI is InChI=1S/C14H21NO4S/c1-9-6-7-11(10(2)8-9)20(18,19)15-12(13(16)17)14(3,4)5/h6-8,12,15H,1-5H3,(H,16,17)/t12-/m0/s1. The largest absolute Gasteiger partial charge is 0.480 e. The summed E-state index contributed by atoms with van der Waals surface area (Å²) in [6.07, 6.45) is 0. The monoisotopic (exact) mass is 299 g/mol. The predicted octanol–water partition coefficient (Wildman–Crippen LogP) is 2.08. The first kappa shape index (κ1) is 16.7. The Morgan fingerprint density at radius 3 is 2.20 bits per heavy atom. The summed E-state index contributed by atoms with van der Waals surface area (Å²) in [5, 5.41) is 9.21. The highest BCUT2D eigenvalue weighted by molar-refractivity contribution is 7.89. The van der Waals surface area contributed by atoms with Gasteiger partial charge in [-0.2, -0.15) is 4.72 Å². The second kappa shape index (κ2) is 5.54. The molecule has 0 saturated heterocycles. The minimum atomic E-state index is -3.87. The van der Waals surface area contributed by atoms with Crippen LogP contribution in [-0.2, 0) is 14.8 Å². The van der Waals surface area contributed by atoms with Crippen molar-refractivity contribution in [1.29, 1.82) is 0 Å².